The fourth-order valence-corrected chi connectivity index (χ4v) is 2.94. The minimum Gasteiger partial charge on any atom is -0.481 e. The molecule has 19 heavy (non-hydrogen) atoms. The summed E-state index contributed by atoms with van der Waals surface area (Å²) in [7, 11) is 2.08. The molecule has 0 bridgehead atoms. The van der Waals surface area contributed by atoms with Gasteiger partial charge in [-0.3, -0.25) is 4.79 Å². The molecule has 2 amide bonds. The van der Waals surface area contributed by atoms with Gasteiger partial charge in [-0.2, -0.15) is 0 Å². The Balaban J connectivity index is 1.85. The van der Waals surface area contributed by atoms with Crippen LogP contribution >= 0.6 is 0 Å². The first-order chi connectivity index (χ1) is 8.97. The van der Waals surface area contributed by atoms with E-state index >= 15 is 0 Å². The second-order valence-corrected chi connectivity index (χ2v) is 5.81. The van der Waals surface area contributed by atoms with Gasteiger partial charge in [0.05, 0.1) is 6.42 Å². The maximum absolute atomic E-state index is 12.4. The highest BCUT2D eigenvalue weighted by atomic mass is 16.4. The van der Waals surface area contributed by atoms with Crippen molar-refractivity contribution in [3.63, 3.8) is 0 Å². The Labute approximate surface area is 114 Å². The van der Waals surface area contributed by atoms with Gasteiger partial charge < -0.3 is 19.8 Å². The van der Waals surface area contributed by atoms with E-state index in [1.807, 2.05) is 4.90 Å². The van der Waals surface area contributed by atoms with Gasteiger partial charge in [-0.1, -0.05) is 0 Å². The van der Waals surface area contributed by atoms with Crippen molar-refractivity contribution in [3.05, 3.63) is 0 Å². The molecule has 1 unspecified atom stereocenters. The maximum atomic E-state index is 12.4. The number of carbonyl (C=O) groups excluding carboxylic acids is 1. The first-order valence-corrected chi connectivity index (χ1v) is 6.93. The van der Waals surface area contributed by atoms with E-state index in [1.165, 1.54) is 0 Å². The lowest BCUT2D eigenvalue weighted by atomic mass is 9.97. The summed E-state index contributed by atoms with van der Waals surface area (Å²) in [6, 6.07) is 0.294. The van der Waals surface area contributed by atoms with E-state index in [9.17, 15) is 9.59 Å². The number of carbonyl (C=O) groups is 2. The third-order valence-corrected chi connectivity index (χ3v) is 3.98. The molecule has 2 heterocycles. The van der Waals surface area contributed by atoms with Gasteiger partial charge in [-0.15, -0.1) is 0 Å². The van der Waals surface area contributed by atoms with Gasteiger partial charge in [-0.25, -0.2) is 4.79 Å². The number of nitrogens with zero attached hydrogens (tertiary/aromatic N) is 3. The number of likely N-dealkylation sites (N-methyl/N-ethyl adjacent to an activating group) is 1. The first kappa shape index (κ1) is 14.1. The van der Waals surface area contributed by atoms with E-state index < -0.39 is 5.97 Å². The zero-order valence-corrected chi connectivity index (χ0v) is 11.7. The van der Waals surface area contributed by atoms with Crippen molar-refractivity contribution in [1.29, 1.82) is 0 Å². The lowest BCUT2D eigenvalue weighted by molar-refractivity contribution is -0.139. The number of amides is 2. The topological polar surface area (TPSA) is 64.1 Å². The van der Waals surface area contributed by atoms with Gasteiger partial charge in [0, 0.05) is 38.1 Å². The van der Waals surface area contributed by atoms with E-state index in [0.29, 0.717) is 13.1 Å². The molecule has 0 radical (unpaired) electrons. The Kier molecular flexibility index (Phi) is 4.29. The van der Waals surface area contributed by atoms with Crippen molar-refractivity contribution < 1.29 is 14.7 Å². The molecule has 6 nitrogen and oxygen atoms in total. The molecule has 2 aliphatic rings. The molecule has 0 aromatic rings. The van der Waals surface area contributed by atoms with Crippen molar-refractivity contribution in [2.45, 2.75) is 25.8 Å². The molecule has 2 aliphatic heterocycles. The van der Waals surface area contributed by atoms with Crippen LogP contribution in [0, 0.1) is 5.92 Å². The normalized spacial score (nSPS) is 25.9. The Hall–Kier alpha value is -1.30. The predicted octanol–water partition coefficient (Wildman–Crippen LogP) is 0.539. The Morgan fingerprint density at radius 2 is 1.89 bits per heavy atom. The van der Waals surface area contributed by atoms with Crippen molar-refractivity contribution >= 4 is 12.0 Å². The van der Waals surface area contributed by atoms with Crippen molar-refractivity contribution in [3.8, 4) is 0 Å². The Morgan fingerprint density at radius 3 is 2.53 bits per heavy atom. The molecular weight excluding hydrogens is 246 g/mol. The molecule has 108 valence electrons. The molecule has 1 N–H and O–H groups in total. The maximum Gasteiger partial charge on any atom is 0.320 e. The highest BCUT2D eigenvalue weighted by molar-refractivity contribution is 5.76. The molecule has 0 spiro atoms. The molecule has 0 aromatic heterocycles. The van der Waals surface area contributed by atoms with Crippen LogP contribution in [-0.4, -0.2) is 77.6 Å². The van der Waals surface area contributed by atoms with E-state index in [1.54, 1.807) is 4.90 Å². The van der Waals surface area contributed by atoms with E-state index in [0.717, 1.165) is 26.1 Å². The molecule has 1 atom stereocenters. The van der Waals surface area contributed by atoms with Crippen molar-refractivity contribution in [2.24, 2.45) is 5.92 Å². The first-order valence-electron chi connectivity index (χ1n) is 6.93. The lowest BCUT2D eigenvalue weighted by Crippen LogP contribution is -2.57. The fourth-order valence-electron chi connectivity index (χ4n) is 2.94. The minimum absolute atomic E-state index is 0.0736. The quantitative estimate of drug-likeness (QED) is 0.794. The van der Waals surface area contributed by atoms with Gasteiger partial charge >= 0.3 is 12.0 Å². The summed E-state index contributed by atoms with van der Waals surface area (Å²) in [4.78, 5) is 28.9. The van der Waals surface area contributed by atoms with Gasteiger partial charge in [-0.05, 0) is 26.9 Å². The average Bonchev–Trinajstić information content (AvgIpc) is 2.43. The van der Waals surface area contributed by atoms with Crippen LogP contribution in [0.25, 0.3) is 0 Å². The average molecular weight is 269 g/mol. The number of hydrogen-bond acceptors (Lipinski definition) is 3. The molecule has 2 saturated heterocycles. The van der Waals surface area contributed by atoms with Crippen LogP contribution in [0.3, 0.4) is 0 Å². The van der Waals surface area contributed by atoms with Gasteiger partial charge in [0.15, 0.2) is 0 Å². The van der Waals surface area contributed by atoms with Gasteiger partial charge in [0.25, 0.3) is 0 Å². The highest BCUT2D eigenvalue weighted by Crippen LogP contribution is 2.22. The summed E-state index contributed by atoms with van der Waals surface area (Å²) >= 11 is 0. The molecule has 2 fully saturated rings. The third kappa shape index (κ3) is 3.37. The van der Waals surface area contributed by atoms with Gasteiger partial charge in [0.2, 0.25) is 0 Å². The largest absolute Gasteiger partial charge is 0.481 e. The minimum atomic E-state index is -0.776. The molecule has 2 rings (SSSR count). The SMILES string of the molecule is CC1CN(C)CCCN1C(=O)N1CC(CC(=O)O)C1. The number of carboxylic acids is 1. The monoisotopic (exact) mass is 269 g/mol. The summed E-state index contributed by atoms with van der Waals surface area (Å²) < 4.78 is 0. The zero-order valence-electron chi connectivity index (χ0n) is 11.7. The van der Waals surface area contributed by atoms with E-state index in [2.05, 4.69) is 18.9 Å². The Bertz CT molecular complexity index is 355. The van der Waals surface area contributed by atoms with Crippen LogP contribution in [0.15, 0.2) is 0 Å². The number of rotatable bonds is 2. The van der Waals surface area contributed by atoms with Crippen LogP contribution < -0.4 is 0 Å². The van der Waals surface area contributed by atoms with Crippen molar-refractivity contribution in [2.75, 3.05) is 39.8 Å². The van der Waals surface area contributed by atoms with Crippen LogP contribution in [0.5, 0.6) is 0 Å². The third-order valence-electron chi connectivity index (χ3n) is 3.98. The highest BCUT2D eigenvalue weighted by Gasteiger charge is 2.36. The summed E-state index contributed by atoms with van der Waals surface area (Å²) in [5.74, 6) is -0.645. The second kappa shape index (κ2) is 5.77. The number of hydrogen-bond donors (Lipinski definition) is 1. The number of likely N-dealkylation sites (tertiary alicyclic amines) is 1. The number of urea groups is 1. The van der Waals surface area contributed by atoms with Crippen LogP contribution in [-0.2, 0) is 4.79 Å². The van der Waals surface area contributed by atoms with E-state index in [4.69, 9.17) is 5.11 Å². The van der Waals surface area contributed by atoms with Crippen LogP contribution in [0.4, 0.5) is 4.79 Å². The molecule has 0 aromatic carbocycles. The smallest absolute Gasteiger partial charge is 0.320 e. The summed E-state index contributed by atoms with van der Waals surface area (Å²) in [5, 5.41) is 8.71. The summed E-state index contributed by atoms with van der Waals surface area (Å²) in [5.41, 5.74) is 0. The van der Waals surface area contributed by atoms with Crippen LogP contribution in [0.1, 0.15) is 19.8 Å². The molecule has 0 saturated carbocycles. The molecule has 0 aliphatic carbocycles. The number of carboxylic acid groups (broad SMARTS) is 1. The Morgan fingerprint density at radius 1 is 1.21 bits per heavy atom. The zero-order chi connectivity index (χ0) is 14.0. The fraction of sp³-hybridized carbons (Fsp3) is 0.846. The lowest BCUT2D eigenvalue weighted by Gasteiger charge is -2.42. The predicted molar refractivity (Wildman–Crippen MR) is 71.0 cm³/mol. The van der Waals surface area contributed by atoms with Gasteiger partial charge in [0.1, 0.15) is 0 Å². The van der Waals surface area contributed by atoms with E-state index in [-0.39, 0.29) is 24.4 Å². The standard InChI is InChI=1S/C13H23N3O3/c1-10-7-14(2)4-3-5-16(10)13(19)15-8-11(9-15)6-12(17)18/h10-11H,3-9H2,1-2H3,(H,17,18). The van der Waals surface area contributed by atoms with Crippen molar-refractivity contribution in [1.82, 2.24) is 14.7 Å². The summed E-state index contributed by atoms with van der Waals surface area (Å²) in [6.45, 7) is 5.97. The summed E-state index contributed by atoms with van der Waals surface area (Å²) in [6.07, 6.45) is 1.17. The van der Waals surface area contributed by atoms with Crippen LogP contribution in [0.2, 0.25) is 0 Å². The molecular formula is C13H23N3O3. The molecule has 6 heteroatoms. The second-order valence-electron chi connectivity index (χ2n) is 5.81. The number of aliphatic carboxylic acids is 1.